The number of hydrogen-bond donors (Lipinski definition) is 2. The van der Waals surface area contributed by atoms with Crippen molar-refractivity contribution in [1.82, 2.24) is 5.32 Å². The molecule has 3 aromatic carbocycles. The van der Waals surface area contributed by atoms with Crippen LogP contribution in [0.15, 0.2) is 53.3 Å². The molecule has 0 fully saturated rings. The van der Waals surface area contributed by atoms with Gasteiger partial charge in [-0.25, -0.2) is 0 Å². The number of anilines is 1. The van der Waals surface area contributed by atoms with Gasteiger partial charge < -0.3 is 24.8 Å². The highest BCUT2D eigenvalue weighted by Gasteiger charge is 2.33. The smallest absolute Gasteiger partial charge is 0.416 e. The number of nitrogens with one attached hydrogen (secondary N) is 2. The Morgan fingerprint density at radius 2 is 1.72 bits per heavy atom. The van der Waals surface area contributed by atoms with Crippen molar-refractivity contribution in [3.8, 4) is 28.4 Å². The number of methoxy groups -OCH3 is 3. The van der Waals surface area contributed by atoms with Gasteiger partial charge in [-0.05, 0) is 59.4 Å². The molecule has 0 radical (unpaired) electrons. The maximum atomic E-state index is 13.5. The SMILES string of the molecule is COc1cc2c(c(OC)c1OC)-c1ccc(NCc3ccccc3C(F)(F)F)c(=O)cc1[C@@H](NC(C)=O)CC2. The number of carbonyl (C=O) groups is 1. The van der Waals surface area contributed by atoms with Gasteiger partial charge in [-0.15, -0.1) is 0 Å². The summed E-state index contributed by atoms with van der Waals surface area (Å²) in [4.78, 5) is 25.4. The minimum atomic E-state index is -4.52. The van der Waals surface area contributed by atoms with E-state index in [0.717, 1.165) is 11.6 Å². The van der Waals surface area contributed by atoms with E-state index in [4.69, 9.17) is 14.2 Å². The zero-order chi connectivity index (χ0) is 28.3. The molecule has 0 heterocycles. The van der Waals surface area contributed by atoms with Crippen molar-refractivity contribution in [3.05, 3.63) is 81.0 Å². The first-order valence-electron chi connectivity index (χ1n) is 12.3. The highest BCUT2D eigenvalue weighted by atomic mass is 19.4. The monoisotopic (exact) mass is 542 g/mol. The minimum absolute atomic E-state index is 0.0115. The summed E-state index contributed by atoms with van der Waals surface area (Å²) in [5.74, 6) is 0.991. The molecule has 0 aliphatic heterocycles. The number of benzene rings is 2. The van der Waals surface area contributed by atoms with Gasteiger partial charge in [-0.1, -0.05) is 24.3 Å². The third-order valence-electron chi connectivity index (χ3n) is 6.71. The number of aryl methyl sites for hydroxylation is 1. The van der Waals surface area contributed by atoms with E-state index in [1.54, 1.807) is 6.07 Å². The standard InChI is InChI=1S/C29H29F3N2O5/c1-16(35)34-22-11-9-17-13-25(37-2)27(38-3)28(39-4)26(17)19-10-12-23(24(36)14-20(19)22)33-15-18-7-5-6-8-21(18)29(30,31)32/h5-8,10,12-14,22H,9,11,15H2,1-4H3,(H,33,36)(H,34,35)/t22-/m0/s1. The van der Waals surface area contributed by atoms with Crippen molar-refractivity contribution in [2.45, 2.75) is 38.5 Å². The Balaban J connectivity index is 1.88. The van der Waals surface area contributed by atoms with Crippen molar-refractivity contribution in [2.24, 2.45) is 0 Å². The zero-order valence-electron chi connectivity index (χ0n) is 22.0. The average Bonchev–Trinajstić information content (AvgIpc) is 3.14. The molecule has 206 valence electrons. The molecule has 39 heavy (non-hydrogen) atoms. The van der Waals surface area contributed by atoms with Crippen LogP contribution in [0.2, 0.25) is 0 Å². The first-order valence-corrected chi connectivity index (χ1v) is 12.3. The number of amides is 1. The molecule has 0 unspecified atom stereocenters. The van der Waals surface area contributed by atoms with E-state index < -0.39 is 23.2 Å². The first-order chi connectivity index (χ1) is 18.6. The summed E-state index contributed by atoms with van der Waals surface area (Å²) in [6.45, 7) is 1.19. The summed E-state index contributed by atoms with van der Waals surface area (Å²) in [6, 6.07) is 11.2. The quantitative estimate of drug-likeness (QED) is 0.411. The lowest BCUT2D eigenvalue weighted by atomic mass is 9.95. The number of alkyl halides is 3. The number of hydrogen-bond acceptors (Lipinski definition) is 6. The van der Waals surface area contributed by atoms with Crippen molar-refractivity contribution in [1.29, 1.82) is 0 Å². The van der Waals surface area contributed by atoms with E-state index in [1.807, 2.05) is 6.07 Å². The molecule has 0 saturated carbocycles. The second-order valence-corrected chi connectivity index (χ2v) is 9.10. The van der Waals surface area contributed by atoms with Crippen LogP contribution in [0, 0.1) is 0 Å². The first kappa shape index (κ1) is 27.8. The zero-order valence-corrected chi connectivity index (χ0v) is 22.0. The van der Waals surface area contributed by atoms with Crippen LogP contribution in [0.25, 0.3) is 11.1 Å². The molecular formula is C29H29F3N2O5. The van der Waals surface area contributed by atoms with Crippen molar-refractivity contribution in [2.75, 3.05) is 26.6 Å². The maximum absolute atomic E-state index is 13.5. The van der Waals surface area contributed by atoms with Gasteiger partial charge in [-0.2, -0.15) is 13.2 Å². The van der Waals surface area contributed by atoms with Crippen LogP contribution in [0.5, 0.6) is 17.2 Å². The predicted octanol–water partition coefficient (Wildman–Crippen LogP) is 5.49. The Kier molecular flexibility index (Phi) is 8.03. The Bertz CT molecular complexity index is 1460. The van der Waals surface area contributed by atoms with Crippen LogP contribution in [0.4, 0.5) is 18.9 Å². The summed E-state index contributed by atoms with van der Waals surface area (Å²) < 4.78 is 57.3. The van der Waals surface area contributed by atoms with Crippen molar-refractivity contribution >= 4 is 11.6 Å². The van der Waals surface area contributed by atoms with Crippen LogP contribution in [-0.4, -0.2) is 27.2 Å². The number of carbonyl (C=O) groups excluding carboxylic acids is 1. The Hall–Kier alpha value is -4.21. The van der Waals surface area contributed by atoms with Crippen LogP contribution in [0.3, 0.4) is 0 Å². The lowest BCUT2D eigenvalue weighted by molar-refractivity contribution is -0.138. The minimum Gasteiger partial charge on any atom is -0.493 e. The molecule has 4 rings (SSSR count). The van der Waals surface area contributed by atoms with Gasteiger partial charge in [0, 0.05) is 19.0 Å². The molecule has 10 heteroatoms. The van der Waals surface area contributed by atoms with Gasteiger partial charge in [0.25, 0.3) is 0 Å². The molecule has 7 nitrogen and oxygen atoms in total. The molecule has 2 N–H and O–H groups in total. The Morgan fingerprint density at radius 3 is 2.36 bits per heavy atom. The average molecular weight is 543 g/mol. The molecular weight excluding hydrogens is 513 g/mol. The lowest BCUT2D eigenvalue weighted by Crippen LogP contribution is -2.26. The lowest BCUT2D eigenvalue weighted by Gasteiger charge is -2.19. The fourth-order valence-corrected chi connectivity index (χ4v) is 5.00. The second kappa shape index (κ2) is 11.3. The summed E-state index contributed by atoms with van der Waals surface area (Å²) in [5.41, 5.74) is 1.65. The van der Waals surface area contributed by atoms with E-state index in [-0.39, 0.29) is 23.7 Å². The van der Waals surface area contributed by atoms with Gasteiger partial charge in [0.2, 0.25) is 17.1 Å². The molecule has 0 aromatic heterocycles. The van der Waals surface area contributed by atoms with E-state index in [2.05, 4.69) is 10.6 Å². The fourth-order valence-electron chi connectivity index (χ4n) is 5.00. The van der Waals surface area contributed by atoms with Gasteiger partial charge >= 0.3 is 6.18 Å². The van der Waals surface area contributed by atoms with E-state index in [0.29, 0.717) is 46.8 Å². The van der Waals surface area contributed by atoms with Gasteiger partial charge in [0.05, 0.1) is 38.6 Å². The van der Waals surface area contributed by atoms with Crippen LogP contribution >= 0.6 is 0 Å². The normalized spacial score (nSPS) is 14.4. The number of ether oxygens (including phenoxy) is 3. The van der Waals surface area contributed by atoms with E-state index in [1.165, 1.54) is 58.6 Å². The fraction of sp³-hybridized carbons (Fsp3) is 0.310. The van der Waals surface area contributed by atoms with Crippen LogP contribution in [0.1, 0.15) is 41.6 Å². The highest BCUT2D eigenvalue weighted by Crippen LogP contribution is 2.50. The third kappa shape index (κ3) is 5.64. The van der Waals surface area contributed by atoms with E-state index >= 15 is 0 Å². The Morgan fingerprint density at radius 1 is 1.00 bits per heavy atom. The molecule has 1 aliphatic carbocycles. The molecule has 1 amide bonds. The number of fused-ring (bicyclic) bond motifs is 3. The maximum Gasteiger partial charge on any atom is 0.416 e. The largest absolute Gasteiger partial charge is 0.493 e. The molecule has 1 atom stereocenters. The van der Waals surface area contributed by atoms with E-state index in [9.17, 15) is 22.8 Å². The summed E-state index contributed by atoms with van der Waals surface area (Å²) in [5, 5.41) is 5.80. The second-order valence-electron chi connectivity index (χ2n) is 9.10. The summed E-state index contributed by atoms with van der Waals surface area (Å²) >= 11 is 0. The van der Waals surface area contributed by atoms with Gasteiger partial charge in [0.1, 0.15) is 0 Å². The third-order valence-corrected chi connectivity index (χ3v) is 6.71. The van der Waals surface area contributed by atoms with Crippen molar-refractivity contribution in [3.63, 3.8) is 0 Å². The highest BCUT2D eigenvalue weighted by molar-refractivity contribution is 5.83. The summed E-state index contributed by atoms with van der Waals surface area (Å²) in [6.07, 6.45) is -3.49. The molecule has 3 aromatic rings. The Labute approximate surface area is 223 Å². The molecule has 0 bridgehead atoms. The molecule has 0 saturated heterocycles. The van der Waals surface area contributed by atoms with Crippen LogP contribution in [-0.2, 0) is 23.9 Å². The van der Waals surface area contributed by atoms with Gasteiger partial charge in [0.15, 0.2) is 11.5 Å². The molecule has 0 spiro atoms. The number of rotatable bonds is 7. The van der Waals surface area contributed by atoms with Gasteiger partial charge in [-0.3, -0.25) is 9.59 Å². The van der Waals surface area contributed by atoms with Crippen molar-refractivity contribution < 1.29 is 32.2 Å². The topological polar surface area (TPSA) is 85.9 Å². The predicted molar refractivity (Wildman–Crippen MR) is 141 cm³/mol. The van der Waals surface area contributed by atoms with Crippen LogP contribution < -0.4 is 30.3 Å². The molecule has 1 aliphatic rings. The number of halogens is 3. The summed E-state index contributed by atoms with van der Waals surface area (Å²) in [7, 11) is 4.51.